The van der Waals surface area contributed by atoms with Crippen LogP contribution in [0.5, 0.6) is 0 Å². The van der Waals surface area contributed by atoms with Crippen molar-refractivity contribution in [3.63, 3.8) is 0 Å². The van der Waals surface area contributed by atoms with Crippen molar-refractivity contribution in [2.24, 2.45) is 0 Å². The smallest absolute Gasteiger partial charge is 0.234 e. The van der Waals surface area contributed by atoms with Crippen LogP contribution in [0.4, 0.5) is 0 Å². The molecule has 1 aromatic rings. The Bertz CT molecular complexity index is 677. The molecule has 2 nitrogen and oxygen atoms in total. The fourth-order valence-electron chi connectivity index (χ4n) is 7.03. The molecule has 0 aliphatic carbocycles. The van der Waals surface area contributed by atoms with Crippen molar-refractivity contribution in [2.75, 3.05) is 0 Å². The maximum Gasteiger partial charge on any atom is 0.256 e. The second kappa shape index (κ2) is 33.6. The Labute approximate surface area is 279 Å². The van der Waals surface area contributed by atoms with Crippen molar-refractivity contribution in [3.8, 4) is 0 Å². The van der Waals surface area contributed by atoms with Gasteiger partial charge in [-0.2, -0.15) is 0 Å². The van der Waals surface area contributed by atoms with E-state index in [1.165, 1.54) is 231 Å². The van der Waals surface area contributed by atoms with Gasteiger partial charge in [0.1, 0.15) is 12.4 Å². The van der Waals surface area contributed by atoms with Crippen LogP contribution in [0.1, 0.15) is 238 Å². The first-order valence-electron chi connectivity index (χ1n) is 20.9. The summed E-state index contributed by atoms with van der Waals surface area (Å²) in [7, 11) is 0. The zero-order valence-electron chi connectivity index (χ0n) is 31.0. The van der Waals surface area contributed by atoms with Crippen LogP contribution in [0.2, 0.25) is 0 Å². The molecular weight excluding hydrogens is 532 g/mol. The van der Waals surface area contributed by atoms with E-state index >= 15 is 0 Å². The number of hydrogen-bond acceptors (Lipinski definition) is 0. The van der Waals surface area contributed by atoms with Crippen molar-refractivity contribution in [2.45, 2.75) is 252 Å². The molecule has 0 amide bonds. The van der Waals surface area contributed by atoms with Crippen LogP contribution in [0.25, 0.3) is 0 Å². The van der Waals surface area contributed by atoms with Gasteiger partial charge >= 0.3 is 0 Å². The molecular formula is C42H83N2+. The summed E-state index contributed by atoms with van der Waals surface area (Å²) < 4.78 is 5.27. The van der Waals surface area contributed by atoms with Crippen molar-refractivity contribution < 1.29 is 4.57 Å². The Hall–Kier alpha value is -0.790. The second-order valence-corrected chi connectivity index (χ2v) is 14.5. The van der Waals surface area contributed by atoms with E-state index in [1.54, 1.807) is 5.82 Å². The minimum Gasteiger partial charge on any atom is -0.234 e. The zero-order chi connectivity index (χ0) is 31.6. The van der Waals surface area contributed by atoms with E-state index in [0.29, 0.717) is 0 Å². The molecule has 0 unspecified atom stereocenters. The molecule has 0 bridgehead atoms. The van der Waals surface area contributed by atoms with Crippen LogP contribution in [0.15, 0.2) is 12.4 Å². The average Bonchev–Trinajstić information content (AvgIpc) is 3.42. The Kier molecular flexibility index (Phi) is 31.5. The van der Waals surface area contributed by atoms with Crippen molar-refractivity contribution in [1.29, 1.82) is 0 Å². The quantitative estimate of drug-likeness (QED) is 0.0524. The Morgan fingerprint density at radius 2 is 0.705 bits per heavy atom. The third-order valence-electron chi connectivity index (χ3n) is 10.1. The van der Waals surface area contributed by atoms with Crippen molar-refractivity contribution in [1.82, 2.24) is 4.57 Å². The number of imidazole rings is 1. The van der Waals surface area contributed by atoms with Crippen LogP contribution in [0, 0.1) is 0 Å². The summed E-state index contributed by atoms with van der Waals surface area (Å²) in [5.74, 6) is 1.62. The highest BCUT2D eigenvalue weighted by Gasteiger charge is 2.16. The van der Waals surface area contributed by atoms with Gasteiger partial charge < -0.3 is 0 Å². The standard InChI is InChI=1S/C42H83N2/c1-4-7-10-13-16-19-21-22-23-24-25-26-28-31-34-37-42-43(38-35-32-29-18-15-12-9-6-3)40-41-44(42)39-36-33-30-27-20-17-14-11-8-5-2/h40-41H,4-39H2,1-3H3/q+1. The summed E-state index contributed by atoms with van der Waals surface area (Å²) in [5, 5.41) is 0. The number of rotatable bonds is 36. The predicted octanol–water partition coefficient (Wildman–Crippen LogP) is 14.3. The first-order valence-corrected chi connectivity index (χ1v) is 20.9. The van der Waals surface area contributed by atoms with Crippen LogP contribution in [-0.2, 0) is 19.5 Å². The van der Waals surface area contributed by atoms with Gasteiger partial charge in [0, 0.05) is 6.42 Å². The molecule has 2 heteroatoms. The lowest BCUT2D eigenvalue weighted by Gasteiger charge is -2.07. The minimum atomic E-state index is 1.23. The lowest BCUT2D eigenvalue weighted by atomic mass is 10.0. The summed E-state index contributed by atoms with van der Waals surface area (Å²) in [4.78, 5) is 0. The molecule has 1 heterocycles. The molecule has 0 aliphatic heterocycles. The van der Waals surface area contributed by atoms with Crippen LogP contribution < -0.4 is 4.57 Å². The summed E-state index contributed by atoms with van der Waals surface area (Å²) in [5.41, 5.74) is 0. The Morgan fingerprint density at radius 1 is 0.386 bits per heavy atom. The largest absolute Gasteiger partial charge is 0.256 e. The molecule has 0 aromatic carbocycles. The topological polar surface area (TPSA) is 8.81 Å². The van der Waals surface area contributed by atoms with E-state index in [4.69, 9.17) is 0 Å². The van der Waals surface area contributed by atoms with E-state index in [-0.39, 0.29) is 0 Å². The molecule has 0 spiro atoms. The van der Waals surface area contributed by atoms with E-state index < -0.39 is 0 Å². The number of unbranched alkanes of at least 4 members (excludes halogenated alkanes) is 30. The second-order valence-electron chi connectivity index (χ2n) is 14.5. The first kappa shape index (κ1) is 41.2. The third-order valence-corrected chi connectivity index (χ3v) is 10.1. The predicted molar refractivity (Wildman–Crippen MR) is 198 cm³/mol. The highest BCUT2D eigenvalue weighted by molar-refractivity contribution is 4.84. The van der Waals surface area contributed by atoms with Gasteiger partial charge in [-0.1, -0.05) is 201 Å². The molecule has 44 heavy (non-hydrogen) atoms. The molecule has 1 rings (SSSR count). The van der Waals surface area contributed by atoms with Gasteiger partial charge in [0.05, 0.1) is 13.1 Å². The van der Waals surface area contributed by atoms with Crippen molar-refractivity contribution >= 4 is 0 Å². The molecule has 260 valence electrons. The molecule has 0 aliphatic rings. The number of aromatic nitrogens is 2. The highest BCUT2D eigenvalue weighted by Crippen LogP contribution is 2.16. The van der Waals surface area contributed by atoms with E-state index in [1.807, 2.05) is 0 Å². The Balaban J connectivity index is 2.26. The molecule has 0 atom stereocenters. The molecule has 0 radical (unpaired) electrons. The van der Waals surface area contributed by atoms with Gasteiger partial charge in [-0.25, -0.2) is 9.13 Å². The monoisotopic (exact) mass is 616 g/mol. The van der Waals surface area contributed by atoms with Gasteiger partial charge in [-0.3, -0.25) is 0 Å². The first-order chi connectivity index (χ1) is 21.8. The molecule has 0 saturated carbocycles. The fourth-order valence-corrected chi connectivity index (χ4v) is 7.03. The summed E-state index contributed by atoms with van der Waals surface area (Å²) in [6.07, 6.45) is 53.4. The zero-order valence-corrected chi connectivity index (χ0v) is 31.0. The Morgan fingerprint density at radius 3 is 1.09 bits per heavy atom. The number of aryl methyl sites for hydroxylation is 2. The lowest BCUT2D eigenvalue weighted by molar-refractivity contribution is -0.704. The van der Waals surface area contributed by atoms with E-state index in [2.05, 4.69) is 42.3 Å². The van der Waals surface area contributed by atoms with Gasteiger partial charge in [0.2, 0.25) is 0 Å². The van der Waals surface area contributed by atoms with Crippen molar-refractivity contribution in [3.05, 3.63) is 18.2 Å². The van der Waals surface area contributed by atoms with Crippen LogP contribution >= 0.6 is 0 Å². The van der Waals surface area contributed by atoms with E-state index in [0.717, 1.165) is 0 Å². The van der Waals surface area contributed by atoms with Crippen LogP contribution in [-0.4, -0.2) is 4.57 Å². The minimum absolute atomic E-state index is 1.23. The summed E-state index contributed by atoms with van der Waals surface area (Å²) >= 11 is 0. The highest BCUT2D eigenvalue weighted by atomic mass is 15.1. The number of hydrogen-bond donors (Lipinski definition) is 0. The van der Waals surface area contributed by atoms with E-state index in [9.17, 15) is 0 Å². The molecule has 0 saturated heterocycles. The summed E-state index contributed by atoms with van der Waals surface area (Å²) in [6, 6.07) is 0. The average molecular weight is 616 g/mol. The normalized spacial score (nSPS) is 11.6. The third kappa shape index (κ3) is 25.4. The fraction of sp³-hybridized carbons (Fsp3) is 0.929. The van der Waals surface area contributed by atoms with Gasteiger partial charge in [-0.15, -0.1) is 0 Å². The maximum atomic E-state index is 2.64. The maximum absolute atomic E-state index is 2.64. The molecule has 1 aromatic heterocycles. The SMILES string of the molecule is CCCCCCCCCCCCCCCCCc1n(CCCCCCCCCCCC)cc[n+]1CCCCCCCCCC. The van der Waals surface area contributed by atoms with Gasteiger partial charge in [0.25, 0.3) is 5.82 Å². The lowest BCUT2D eigenvalue weighted by Crippen LogP contribution is -2.37. The number of nitrogens with zero attached hydrogens (tertiary/aromatic N) is 2. The van der Waals surface area contributed by atoms with Crippen LogP contribution in [0.3, 0.4) is 0 Å². The van der Waals surface area contributed by atoms with Gasteiger partial charge in [0.15, 0.2) is 0 Å². The van der Waals surface area contributed by atoms with Gasteiger partial charge in [-0.05, 0) is 32.1 Å². The summed E-state index contributed by atoms with van der Waals surface area (Å²) in [6.45, 7) is 9.40. The molecule has 0 N–H and O–H groups in total. The molecule has 0 fully saturated rings.